The fourth-order valence-corrected chi connectivity index (χ4v) is 3.91. The van der Waals surface area contributed by atoms with E-state index in [0.717, 1.165) is 32.3 Å². The van der Waals surface area contributed by atoms with Crippen LogP contribution in [0.5, 0.6) is 0 Å². The van der Waals surface area contributed by atoms with Crippen LogP contribution in [0.1, 0.15) is 46.5 Å². The number of hydrogen-bond donors (Lipinski definition) is 2. The lowest BCUT2D eigenvalue weighted by Gasteiger charge is -2.56. The molecule has 0 bridgehead atoms. The molecule has 23 heavy (non-hydrogen) atoms. The molecule has 0 aromatic rings. The molecule has 2 aliphatic carbocycles. The van der Waals surface area contributed by atoms with Crippen LogP contribution < -0.4 is 10.6 Å². The van der Waals surface area contributed by atoms with Gasteiger partial charge in [0.25, 0.3) is 0 Å². The third-order valence-electron chi connectivity index (χ3n) is 5.16. The van der Waals surface area contributed by atoms with Gasteiger partial charge in [0.05, 0.1) is 24.3 Å². The van der Waals surface area contributed by atoms with Gasteiger partial charge in [-0.3, -0.25) is 0 Å². The number of amides is 1. The van der Waals surface area contributed by atoms with Crippen molar-refractivity contribution in [2.75, 3.05) is 13.7 Å². The van der Waals surface area contributed by atoms with E-state index in [1.807, 2.05) is 20.8 Å². The monoisotopic (exact) mass is 326 g/mol. The van der Waals surface area contributed by atoms with Crippen LogP contribution in [0.2, 0.25) is 0 Å². The summed E-state index contributed by atoms with van der Waals surface area (Å²) in [5.74, 6) is 0.395. The average molecular weight is 326 g/mol. The molecule has 4 unspecified atom stereocenters. The van der Waals surface area contributed by atoms with Crippen LogP contribution in [0.4, 0.5) is 4.79 Å². The van der Waals surface area contributed by atoms with Crippen molar-refractivity contribution in [3.8, 4) is 0 Å². The summed E-state index contributed by atoms with van der Waals surface area (Å²) in [5.41, 5.74) is -0.473. The Hall–Kier alpha value is -0.850. The maximum atomic E-state index is 12.1. The molecule has 3 aliphatic rings. The minimum absolute atomic E-state index is 0.0942. The second-order valence-electron chi connectivity index (χ2n) is 8.03. The van der Waals surface area contributed by atoms with Crippen LogP contribution in [0.15, 0.2) is 0 Å². The van der Waals surface area contributed by atoms with Crippen molar-refractivity contribution < 1.29 is 19.0 Å². The van der Waals surface area contributed by atoms with Gasteiger partial charge in [-0.15, -0.1) is 0 Å². The predicted molar refractivity (Wildman–Crippen MR) is 86.4 cm³/mol. The molecule has 1 heterocycles. The predicted octanol–water partition coefficient (Wildman–Crippen LogP) is 1.82. The maximum absolute atomic E-state index is 12.1. The van der Waals surface area contributed by atoms with Crippen molar-refractivity contribution in [3.05, 3.63) is 0 Å². The highest BCUT2D eigenvalue weighted by atomic mass is 16.6. The first kappa shape index (κ1) is 17.0. The summed E-state index contributed by atoms with van der Waals surface area (Å²) in [6, 6.07) is 0.728. The fraction of sp³-hybridized carbons (Fsp3) is 0.941. The lowest BCUT2D eigenvalue weighted by Crippen LogP contribution is -2.75. The molecule has 0 spiro atoms. The summed E-state index contributed by atoms with van der Waals surface area (Å²) < 4.78 is 16.7. The quantitative estimate of drug-likeness (QED) is 0.825. The van der Waals surface area contributed by atoms with Gasteiger partial charge in [-0.05, 0) is 46.5 Å². The van der Waals surface area contributed by atoms with E-state index in [1.165, 1.54) is 0 Å². The molecule has 1 saturated heterocycles. The average Bonchev–Trinajstić information content (AvgIpc) is 2.42. The van der Waals surface area contributed by atoms with Gasteiger partial charge in [-0.2, -0.15) is 0 Å². The highest BCUT2D eigenvalue weighted by Gasteiger charge is 2.54. The molecule has 0 radical (unpaired) electrons. The SMILES string of the molecule is COC1CC(NC2C(NC(=O)OC(C)(C)C)C3CCCOC32)C1. The van der Waals surface area contributed by atoms with Crippen LogP contribution in [-0.4, -0.2) is 55.7 Å². The van der Waals surface area contributed by atoms with E-state index in [2.05, 4.69) is 10.6 Å². The topological polar surface area (TPSA) is 68.8 Å². The molecule has 132 valence electrons. The van der Waals surface area contributed by atoms with Crippen molar-refractivity contribution in [1.82, 2.24) is 10.6 Å². The first-order chi connectivity index (χ1) is 10.9. The van der Waals surface area contributed by atoms with Crippen LogP contribution in [-0.2, 0) is 14.2 Å². The highest BCUT2D eigenvalue weighted by Crippen LogP contribution is 2.39. The summed E-state index contributed by atoms with van der Waals surface area (Å²) >= 11 is 0. The zero-order valence-electron chi connectivity index (χ0n) is 14.6. The van der Waals surface area contributed by atoms with E-state index >= 15 is 0 Å². The van der Waals surface area contributed by atoms with E-state index in [-0.39, 0.29) is 24.3 Å². The number of ether oxygens (including phenoxy) is 3. The van der Waals surface area contributed by atoms with E-state index < -0.39 is 5.60 Å². The van der Waals surface area contributed by atoms with Gasteiger partial charge in [0.1, 0.15) is 5.60 Å². The van der Waals surface area contributed by atoms with Crippen LogP contribution >= 0.6 is 0 Å². The molecule has 1 amide bonds. The van der Waals surface area contributed by atoms with Gasteiger partial charge in [-0.1, -0.05) is 0 Å². The summed E-state index contributed by atoms with van der Waals surface area (Å²) in [4.78, 5) is 12.1. The van der Waals surface area contributed by atoms with Gasteiger partial charge in [-0.25, -0.2) is 4.79 Å². The number of alkyl carbamates (subject to hydrolysis) is 1. The smallest absolute Gasteiger partial charge is 0.407 e. The Morgan fingerprint density at radius 2 is 1.96 bits per heavy atom. The number of nitrogens with one attached hydrogen (secondary N) is 2. The standard InChI is InChI=1S/C17H30N2O4/c1-17(2,3)23-16(20)19-13-12-6-5-7-22-15(12)14(13)18-10-8-11(9-10)21-4/h10-15,18H,5-9H2,1-4H3,(H,19,20). The van der Waals surface area contributed by atoms with Gasteiger partial charge in [0.2, 0.25) is 0 Å². The summed E-state index contributed by atoms with van der Waals surface area (Å²) in [6.07, 6.45) is 4.48. The van der Waals surface area contributed by atoms with Crippen molar-refractivity contribution in [1.29, 1.82) is 0 Å². The summed E-state index contributed by atoms with van der Waals surface area (Å²) in [5, 5.41) is 6.73. The van der Waals surface area contributed by atoms with Gasteiger partial charge in [0, 0.05) is 25.7 Å². The molecule has 2 N–H and O–H groups in total. The number of hydrogen-bond acceptors (Lipinski definition) is 5. The van der Waals surface area contributed by atoms with Crippen molar-refractivity contribution in [3.63, 3.8) is 0 Å². The minimum Gasteiger partial charge on any atom is -0.444 e. The lowest BCUT2D eigenvalue weighted by molar-refractivity contribution is -0.135. The zero-order valence-corrected chi connectivity index (χ0v) is 14.6. The Morgan fingerprint density at radius 3 is 2.61 bits per heavy atom. The second-order valence-corrected chi connectivity index (χ2v) is 8.03. The molecule has 6 heteroatoms. The van der Waals surface area contributed by atoms with E-state index in [0.29, 0.717) is 18.1 Å². The molecule has 4 atom stereocenters. The molecular formula is C17H30N2O4. The van der Waals surface area contributed by atoms with Crippen molar-refractivity contribution in [2.24, 2.45) is 5.92 Å². The van der Waals surface area contributed by atoms with E-state index in [1.54, 1.807) is 7.11 Å². The van der Waals surface area contributed by atoms with Crippen LogP contribution in [0.25, 0.3) is 0 Å². The molecule has 3 fully saturated rings. The highest BCUT2D eigenvalue weighted by molar-refractivity contribution is 5.68. The van der Waals surface area contributed by atoms with Crippen LogP contribution in [0, 0.1) is 5.92 Å². The fourth-order valence-electron chi connectivity index (χ4n) is 3.91. The van der Waals surface area contributed by atoms with E-state index in [9.17, 15) is 4.79 Å². The molecule has 1 aliphatic heterocycles. The largest absolute Gasteiger partial charge is 0.444 e. The first-order valence-electron chi connectivity index (χ1n) is 8.77. The number of methoxy groups -OCH3 is 1. The Bertz CT molecular complexity index is 431. The Labute approximate surface area is 138 Å². The van der Waals surface area contributed by atoms with Gasteiger partial charge < -0.3 is 24.8 Å². The summed E-state index contributed by atoms with van der Waals surface area (Å²) in [6.45, 7) is 6.47. The Kier molecular flexibility index (Phi) is 4.85. The van der Waals surface area contributed by atoms with Crippen molar-refractivity contribution >= 4 is 6.09 Å². The molecule has 2 saturated carbocycles. The molecular weight excluding hydrogens is 296 g/mol. The first-order valence-corrected chi connectivity index (χ1v) is 8.77. The molecule has 3 rings (SSSR count). The Morgan fingerprint density at radius 1 is 1.22 bits per heavy atom. The zero-order chi connectivity index (χ0) is 16.6. The van der Waals surface area contributed by atoms with Crippen molar-refractivity contribution in [2.45, 2.75) is 82.4 Å². The molecule has 0 aromatic carbocycles. The van der Waals surface area contributed by atoms with Gasteiger partial charge >= 0.3 is 6.09 Å². The minimum atomic E-state index is -0.473. The Balaban J connectivity index is 1.56. The number of rotatable bonds is 4. The second kappa shape index (κ2) is 6.57. The number of carbonyl (C=O) groups is 1. The molecule has 0 aromatic heterocycles. The summed E-state index contributed by atoms with van der Waals surface area (Å²) in [7, 11) is 1.76. The van der Waals surface area contributed by atoms with Gasteiger partial charge in [0.15, 0.2) is 0 Å². The molecule has 6 nitrogen and oxygen atoms in total. The van der Waals surface area contributed by atoms with Crippen LogP contribution in [0.3, 0.4) is 0 Å². The van der Waals surface area contributed by atoms with E-state index in [4.69, 9.17) is 14.2 Å². The normalized spacial score (nSPS) is 39.7. The maximum Gasteiger partial charge on any atom is 0.407 e. The number of carbonyl (C=O) groups excluding carboxylic acids is 1. The number of fused-ring (bicyclic) bond motifs is 1. The third-order valence-corrected chi connectivity index (χ3v) is 5.16. The third kappa shape index (κ3) is 3.80. The lowest BCUT2D eigenvalue weighted by atomic mass is 9.67.